The fourth-order valence-electron chi connectivity index (χ4n) is 2.76. The monoisotopic (exact) mass is 358 g/mol. The molecule has 0 aromatic carbocycles. The summed E-state index contributed by atoms with van der Waals surface area (Å²) in [6.45, 7) is 8.63. The largest absolute Gasteiger partial charge is 0.462 e. The molecule has 1 aliphatic heterocycles. The van der Waals surface area contributed by atoms with Gasteiger partial charge in [-0.3, -0.25) is 0 Å². The molecule has 1 aliphatic rings. The van der Waals surface area contributed by atoms with Gasteiger partial charge in [-0.05, 0) is 44.7 Å². The van der Waals surface area contributed by atoms with Crippen LogP contribution in [0, 0.1) is 18.3 Å². The van der Waals surface area contributed by atoms with Gasteiger partial charge in [0.1, 0.15) is 28.9 Å². The van der Waals surface area contributed by atoms with Crippen LogP contribution in [0.4, 0.5) is 0 Å². The van der Waals surface area contributed by atoms with Crippen LogP contribution in [-0.4, -0.2) is 43.8 Å². The lowest BCUT2D eigenvalue weighted by atomic mass is 10.1. The fraction of sp³-hybridized carbons (Fsp3) is 0.500. The van der Waals surface area contributed by atoms with E-state index in [4.69, 9.17) is 13.9 Å². The van der Waals surface area contributed by atoms with Gasteiger partial charge in [0, 0.05) is 13.1 Å². The molecule has 0 N–H and O–H groups in total. The van der Waals surface area contributed by atoms with Gasteiger partial charge in [-0.2, -0.15) is 5.26 Å². The van der Waals surface area contributed by atoms with Crippen molar-refractivity contribution in [3.8, 4) is 6.07 Å². The van der Waals surface area contributed by atoms with Gasteiger partial charge in [-0.15, -0.1) is 0 Å². The van der Waals surface area contributed by atoms with Gasteiger partial charge in [0.15, 0.2) is 0 Å². The van der Waals surface area contributed by atoms with Crippen LogP contribution in [0.15, 0.2) is 28.8 Å². The minimum Gasteiger partial charge on any atom is -0.462 e. The maximum Gasteiger partial charge on any atom is 0.341 e. The average molecular weight is 358 g/mol. The molecule has 0 aliphatic carbocycles. The summed E-state index contributed by atoms with van der Waals surface area (Å²) in [6.07, 6.45) is 7.08. The minimum absolute atomic E-state index is 0.363. The molecule has 0 unspecified atom stereocenters. The molecule has 1 aromatic rings. The van der Waals surface area contributed by atoms with E-state index in [-0.39, 0.29) is 5.97 Å². The van der Waals surface area contributed by atoms with Crippen molar-refractivity contribution >= 4 is 12.0 Å². The highest BCUT2D eigenvalue weighted by molar-refractivity contribution is 5.91. The number of carbonyl (C=O) groups excluding carboxylic acids is 1. The number of allylic oxidation sites excluding steroid dienone is 2. The van der Waals surface area contributed by atoms with E-state index >= 15 is 0 Å². The van der Waals surface area contributed by atoms with E-state index in [9.17, 15) is 10.1 Å². The molecule has 1 saturated heterocycles. The smallest absolute Gasteiger partial charge is 0.341 e. The molecule has 0 amide bonds. The number of aryl methyl sites for hydroxylation is 1. The molecule has 1 fully saturated rings. The van der Waals surface area contributed by atoms with Gasteiger partial charge in [0.05, 0.1) is 19.8 Å². The second kappa shape index (κ2) is 10.5. The van der Waals surface area contributed by atoms with Gasteiger partial charge < -0.3 is 18.8 Å². The number of unbranched alkanes of at least 4 members (excludes halogenated alkanes) is 3. The summed E-state index contributed by atoms with van der Waals surface area (Å²) in [6, 6.07) is 3.91. The third-order valence-electron chi connectivity index (χ3n) is 4.24. The molecule has 6 heteroatoms. The first-order chi connectivity index (χ1) is 12.7. The average Bonchev–Trinajstić information content (AvgIpc) is 3.05. The zero-order valence-electron chi connectivity index (χ0n) is 15.3. The van der Waals surface area contributed by atoms with Crippen molar-refractivity contribution < 1.29 is 18.7 Å². The van der Waals surface area contributed by atoms with Crippen LogP contribution in [-0.2, 0) is 9.47 Å². The zero-order chi connectivity index (χ0) is 18.8. The van der Waals surface area contributed by atoms with E-state index in [1.165, 1.54) is 0 Å². The van der Waals surface area contributed by atoms with Gasteiger partial charge in [0.2, 0.25) is 0 Å². The third-order valence-corrected chi connectivity index (χ3v) is 4.24. The van der Waals surface area contributed by atoms with Gasteiger partial charge in [-0.25, -0.2) is 4.79 Å². The van der Waals surface area contributed by atoms with Crippen molar-refractivity contribution in [2.45, 2.75) is 32.6 Å². The minimum atomic E-state index is -0.363. The topological polar surface area (TPSA) is 75.7 Å². The van der Waals surface area contributed by atoms with Crippen LogP contribution < -0.4 is 0 Å². The normalized spacial score (nSPS) is 14.8. The fourth-order valence-corrected chi connectivity index (χ4v) is 2.76. The summed E-state index contributed by atoms with van der Waals surface area (Å²) in [7, 11) is 0. The molecule has 0 spiro atoms. The lowest BCUT2D eigenvalue weighted by molar-refractivity contribution is 0.0495. The first-order valence-electron chi connectivity index (χ1n) is 8.98. The maximum atomic E-state index is 12.0. The maximum absolute atomic E-state index is 12.0. The molecule has 1 aromatic heterocycles. The van der Waals surface area contributed by atoms with E-state index in [0.717, 1.165) is 44.5 Å². The highest BCUT2D eigenvalue weighted by atomic mass is 16.5. The highest BCUT2D eigenvalue weighted by Gasteiger charge is 2.15. The molecule has 0 radical (unpaired) electrons. The SMILES string of the molecule is C=Cc1cc(C(=O)OCCCCCC=C(C#N)N2CCOCC2)c(C)o1. The predicted octanol–water partition coefficient (Wildman–Crippen LogP) is 3.69. The van der Waals surface area contributed by atoms with Crippen LogP contribution in [0.25, 0.3) is 6.08 Å². The molecular weight excluding hydrogens is 332 g/mol. The van der Waals surface area contributed by atoms with E-state index in [1.807, 2.05) is 6.08 Å². The summed E-state index contributed by atoms with van der Waals surface area (Å²) in [5, 5.41) is 9.26. The molecule has 2 heterocycles. The Kier molecular flexibility index (Phi) is 7.97. The second-order valence-corrected chi connectivity index (χ2v) is 6.11. The number of morpholine rings is 1. The number of nitriles is 1. The Hall–Kier alpha value is -2.52. The van der Waals surface area contributed by atoms with Gasteiger partial charge in [0.25, 0.3) is 0 Å². The molecule has 6 nitrogen and oxygen atoms in total. The first kappa shape index (κ1) is 19.8. The Labute approximate surface area is 154 Å². The van der Waals surface area contributed by atoms with Crippen molar-refractivity contribution in [1.82, 2.24) is 4.90 Å². The number of esters is 1. The lowest BCUT2D eigenvalue weighted by Gasteiger charge is -2.27. The summed E-state index contributed by atoms with van der Waals surface area (Å²) in [5.74, 6) is 0.746. The number of carbonyl (C=O) groups is 1. The number of nitrogens with zero attached hydrogens (tertiary/aromatic N) is 2. The summed E-state index contributed by atoms with van der Waals surface area (Å²) in [4.78, 5) is 14.1. The molecule has 0 saturated carbocycles. The van der Waals surface area contributed by atoms with E-state index < -0.39 is 0 Å². The number of rotatable bonds is 9. The van der Waals surface area contributed by atoms with E-state index in [2.05, 4.69) is 17.5 Å². The van der Waals surface area contributed by atoms with Crippen molar-refractivity contribution in [3.63, 3.8) is 0 Å². The van der Waals surface area contributed by atoms with Crippen molar-refractivity contribution in [2.75, 3.05) is 32.9 Å². The highest BCUT2D eigenvalue weighted by Crippen LogP contribution is 2.17. The van der Waals surface area contributed by atoms with Crippen molar-refractivity contribution in [1.29, 1.82) is 5.26 Å². The Morgan fingerprint density at radius 3 is 2.81 bits per heavy atom. The molecular formula is C20H26N2O4. The molecule has 26 heavy (non-hydrogen) atoms. The summed E-state index contributed by atoms with van der Waals surface area (Å²) in [5.41, 5.74) is 1.18. The molecule has 0 bridgehead atoms. The summed E-state index contributed by atoms with van der Waals surface area (Å²) < 4.78 is 16.0. The zero-order valence-corrected chi connectivity index (χ0v) is 15.3. The number of ether oxygens (including phenoxy) is 2. The first-order valence-corrected chi connectivity index (χ1v) is 8.98. The Balaban J connectivity index is 1.63. The Morgan fingerprint density at radius 2 is 2.15 bits per heavy atom. The van der Waals surface area contributed by atoms with E-state index in [0.29, 0.717) is 36.9 Å². The van der Waals surface area contributed by atoms with Gasteiger partial charge >= 0.3 is 5.97 Å². The third kappa shape index (κ3) is 5.78. The predicted molar refractivity (Wildman–Crippen MR) is 98.4 cm³/mol. The Bertz CT molecular complexity index is 678. The second-order valence-electron chi connectivity index (χ2n) is 6.11. The summed E-state index contributed by atoms with van der Waals surface area (Å²) >= 11 is 0. The molecule has 140 valence electrons. The van der Waals surface area contributed by atoms with Crippen molar-refractivity contribution in [3.05, 3.63) is 41.5 Å². The Morgan fingerprint density at radius 1 is 1.38 bits per heavy atom. The van der Waals surface area contributed by atoms with Crippen molar-refractivity contribution in [2.24, 2.45) is 0 Å². The number of hydrogen-bond donors (Lipinski definition) is 0. The van der Waals surface area contributed by atoms with Crippen LogP contribution in [0.1, 0.15) is 47.6 Å². The standard InChI is InChI=1S/C20H26N2O4/c1-3-18-14-19(16(2)26-18)20(23)25-11-7-5-4-6-8-17(15-21)22-9-12-24-13-10-22/h3,8,14H,1,4-7,9-13H2,2H3. The van der Waals surface area contributed by atoms with Gasteiger partial charge in [-0.1, -0.05) is 12.7 Å². The van der Waals surface area contributed by atoms with E-state index in [1.54, 1.807) is 19.1 Å². The van der Waals surface area contributed by atoms with Crippen LogP contribution >= 0.6 is 0 Å². The van der Waals surface area contributed by atoms with Crippen LogP contribution in [0.3, 0.4) is 0 Å². The lowest BCUT2D eigenvalue weighted by Crippen LogP contribution is -2.35. The van der Waals surface area contributed by atoms with Crippen LogP contribution in [0.2, 0.25) is 0 Å². The number of furan rings is 1. The molecule has 2 rings (SSSR count). The molecule has 0 atom stereocenters. The number of hydrogen-bond acceptors (Lipinski definition) is 6. The quantitative estimate of drug-likeness (QED) is 0.381. The van der Waals surface area contributed by atoms with Crippen LogP contribution in [0.5, 0.6) is 0 Å².